The summed E-state index contributed by atoms with van der Waals surface area (Å²) in [6, 6.07) is 2.17. The Morgan fingerprint density at radius 2 is 2.62 bits per heavy atom. The van der Waals surface area contributed by atoms with E-state index in [9.17, 15) is 0 Å². The lowest BCUT2D eigenvalue weighted by Crippen LogP contribution is -2.10. The van der Waals surface area contributed by atoms with Crippen LogP contribution in [-0.2, 0) is 0 Å². The highest BCUT2D eigenvalue weighted by atomic mass is 15.1. The van der Waals surface area contributed by atoms with Gasteiger partial charge in [-0.1, -0.05) is 0 Å². The maximum atomic E-state index is 8.36. The quantitative estimate of drug-likeness (QED) is 0.454. The molecule has 1 rings (SSSR count). The SMILES string of the molecule is CN1C=CC(C#N)C1. The summed E-state index contributed by atoms with van der Waals surface area (Å²) in [5.41, 5.74) is 0. The summed E-state index contributed by atoms with van der Waals surface area (Å²) < 4.78 is 0. The van der Waals surface area contributed by atoms with Gasteiger partial charge >= 0.3 is 0 Å². The van der Waals surface area contributed by atoms with Gasteiger partial charge in [-0.3, -0.25) is 0 Å². The standard InChI is InChI=1S/C6H8N2/c1-8-3-2-6(4-7)5-8/h2-3,6H,5H2,1H3. The molecule has 42 valence electrons. The molecule has 1 heterocycles. The Bertz CT molecular complexity index is 143. The predicted octanol–water partition coefficient (Wildman–Crippen LogP) is 0.585. The van der Waals surface area contributed by atoms with Gasteiger partial charge in [0.1, 0.15) is 0 Å². The van der Waals surface area contributed by atoms with Crippen molar-refractivity contribution in [2.24, 2.45) is 5.92 Å². The molecule has 0 aromatic carbocycles. The van der Waals surface area contributed by atoms with Crippen LogP contribution in [0.4, 0.5) is 0 Å². The van der Waals surface area contributed by atoms with Gasteiger partial charge in [-0.2, -0.15) is 5.26 Å². The predicted molar refractivity (Wildman–Crippen MR) is 30.9 cm³/mol. The Morgan fingerprint density at radius 1 is 1.88 bits per heavy atom. The van der Waals surface area contributed by atoms with Crippen LogP contribution in [0.1, 0.15) is 0 Å². The van der Waals surface area contributed by atoms with Gasteiger partial charge < -0.3 is 4.90 Å². The van der Waals surface area contributed by atoms with Crippen molar-refractivity contribution in [2.45, 2.75) is 0 Å². The maximum Gasteiger partial charge on any atom is 0.0835 e. The first-order valence-electron chi connectivity index (χ1n) is 2.61. The molecule has 2 nitrogen and oxygen atoms in total. The highest BCUT2D eigenvalue weighted by molar-refractivity contribution is 5.06. The number of hydrogen-bond donors (Lipinski definition) is 0. The molecule has 0 aliphatic carbocycles. The number of rotatable bonds is 0. The summed E-state index contributed by atoms with van der Waals surface area (Å²) in [5, 5.41) is 8.36. The van der Waals surface area contributed by atoms with Crippen molar-refractivity contribution in [3.05, 3.63) is 12.3 Å². The molecule has 2 heteroatoms. The summed E-state index contributed by atoms with van der Waals surface area (Å²) in [5.74, 6) is 0.125. The third-order valence-electron chi connectivity index (χ3n) is 1.22. The molecule has 0 spiro atoms. The number of nitrogens with zero attached hydrogens (tertiary/aromatic N) is 2. The van der Waals surface area contributed by atoms with Crippen LogP contribution in [0.15, 0.2) is 12.3 Å². The fourth-order valence-corrected chi connectivity index (χ4v) is 0.767. The van der Waals surface area contributed by atoms with Gasteiger partial charge in [0.15, 0.2) is 0 Å². The van der Waals surface area contributed by atoms with E-state index in [2.05, 4.69) is 6.07 Å². The molecule has 0 aromatic rings. The lowest BCUT2D eigenvalue weighted by atomic mass is 10.2. The maximum absolute atomic E-state index is 8.36. The molecular formula is C6H8N2. The number of nitriles is 1. The van der Waals surface area contributed by atoms with E-state index in [1.54, 1.807) is 0 Å². The number of hydrogen-bond acceptors (Lipinski definition) is 2. The molecule has 1 atom stereocenters. The first-order chi connectivity index (χ1) is 3.83. The third kappa shape index (κ3) is 0.812. The van der Waals surface area contributed by atoms with Crippen LogP contribution < -0.4 is 0 Å². The Hall–Kier alpha value is -0.970. The van der Waals surface area contributed by atoms with Crippen molar-refractivity contribution in [3.63, 3.8) is 0 Å². The molecule has 1 aliphatic heterocycles. The molecule has 0 radical (unpaired) electrons. The summed E-state index contributed by atoms with van der Waals surface area (Å²) in [7, 11) is 1.97. The lowest BCUT2D eigenvalue weighted by Gasteiger charge is -2.05. The zero-order chi connectivity index (χ0) is 5.98. The van der Waals surface area contributed by atoms with Gasteiger partial charge in [-0.05, 0) is 12.3 Å². The highest BCUT2D eigenvalue weighted by Crippen LogP contribution is 2.07. The molecule has 0 aromatic heterocycles. The Balaban J connectivity index is 2.49. The van der Waals surface area contributed by atoms with Gasteiger partial charge in [0.05, 0.1) is 12.0 Å². The molecule has 0 amide bonds. The van der Waals surface area contributed by atoms with E-state index >= 15 is 0 Å². The van der Waals surface area contributed by atoms with E-state index in [0.717, 1.165) is 6.54 Å². The first-order valence-corrected chi connectivity index (χ1v) is 2.61. The summed E-state index contributed by atoms with van der Waals surface area (Å²) in [6.45, 7) is 0.858. The minimum absolute atomic E-state index is 0.125. The first kappa shape index (κ1) is 5.17. The van der Waals surface area contributed by atoms with Crippen LogP contribution in [0.3, 0.4) is 0 Å². The molecule has 1 aliphatic rings. The normalized spacial score (nSPS) is 26.0. The zero-order valence-electron chi connectivity index (χ0n) is 4.83. The highest BCUT2D eigenvalue weighted by Gasteiger charge is 2.09. The van der Waals surface area contributed by atoms with Crippen molar-refractivity contribution < 1.29 is 0 Å². The van der Waals surface area contributed by atoms with Gasteiger partial charge in [0, 0.05) is 13.6 Å². The van der Waals surface area contributed by atoms with Crippen LogP contribution in [0.5, 0.6) is 0 Å². The van der Waals surface area contributed by atoms with Crippen LogP contribution in [0.25, 0.3) is 0 Å². The van der Waals surface area contributed by atoms with E-state index in [1.807, 2.05) is 24.2 Å². The third-order valence-corrected chi connectivity index (χ3v) is 1.22. The van der Waals surface area contributed by atoms with Crippen LogP contribution in [-0.4, -0.2) is 18.5 Å². The lowest BCUT2D eigenvalue weighted by molar-refractivity contribution is 0.469. The van der Waals surface area contributed by atoms with Gasteiger partial charge in [0.25, 0.3) is 0 Å². The smallest absolute Gasteiger partial charge is 0.0835 e. The molecule has 8 heavy (non-hydrogen) atoms. The van der Waals surface area contributed by atoms with Crippen LogP contribution in [0, 0.1) is 17.2 Å². The minimum Gasteiger partial charge on any atom is -0.379 e. The van der Waals surface area contributed by atoms with Crippen molar-refractivity contribution in [3.8, 4) is 6.07 Å². The van der Waals surface area contributed by atoms with Gasteiger partial charge in [-0.25, -0.2) is 0 Å². The van der Waals surface area contributed by atoms with Crippen LogP contribution in [0.2, 0.25) is 0 Å². The second kappa shape index (κ2) is 1.87. The fourth-order valence-electron chi connectivity index (χ4n) is 0.767. The molecule has 0 bridgehead atoms. The van der Waals surface area contributed by atoms with E-state index in [1.165, 1.54) is 0 Å². The van der Waals surface area contributed by atoms with Crippen molar-refractivity contribution >= 4 is 0 Å². The Morgan fingerprint density at radius 3 is 2.88 bits per heavy atom. The van der Waals surface area contributed by atoms with Crippen molar-refractivity contribution in [1.29, 1.82) is 5.26 Å². The average Bonchev–Trinajstić information content (AvgIpc) is 2.14. The monoisotopic (exact) mass is 108 g/mol. The largest absolute Gasteiger partial charge is 0.379 e. The topological polar surface area (TPSA) is 27.0 Å². The molecular weight excluding hydrogens is 100 g/mol. The van der Waals surface area contributed by atoms with Crippen molar-refractivity contribution in [1.82, 2.24) is 4.90 Å². The second-order valence-electron chi connectivity index (χ2n) is 2.02. The molecule has 0 fully saturated rings. The second-order valence-corrected chi connectivity index (χ2v) is 2.02. The average molecular weight is 108 g/mol. The Kier molecular flexibility index (Phi) is 1.21. The Labute approximate surface area is 49.0 Å². The van der Waals surface area contributed by atoms with Gasteiger partial charge in [-0.15, -0.1) is 0 Å². The summed E-state index contributed by atoms with van der Waals surface area (Å²) in [6.07, 6.45) is 3.86. The van der Waals surface area contributed by atoms with E-state index in [4.69, 9.17) is 5.26 Å². The van der Waals surface area contributed by atoms with E-state index in [-0.39, 0.29) is 5.92 Å². The summed E-state index contributed by atoms with van der Waals surface area (Å²) >= 11 is 0. The molecule has 0 N–H and O–H groups in total. The molecule has 0 saturated carbocycles. The van der Waals surface area contributed by atoms with Gasteiger partial charge in [0.2, 0.25) is 0 Å². The van der Waals surface area contributed by atoms with Crippen molar-refractivity contribution in [2.75, 3.05) is 13.6 Å². The minimum atomic E-state index is 0.125. The molecule has 0 saturated heterocycles. The zero-order valence-corrected chi connectivity index (χ0v) is 4.83. The van der Waals surface area contributed by atoms with E-state index in [0.29, 0.717) is 0 Å². The van der Waals surface area contributed by atoms with E-state index < -0.39 is 0 Å². The fraction of sp³-hybridized carbons (Fsp3) is 0.500. The molecule has 1 unspecified atom stereocenters. The summed E-state index contributed by atoms with van der Waals surface area (Å²) in [4.78, 5) is 2.01. The van der Waals surface area contributed by atoms with Crippen LogP contribution >= 0.6 is 0 Å².